The van der Waals surface area contributed by atoms with Crippen molar-refractivity contribution < 1.29 is 19.5 Å². The zero-order chi connectivity index (χ0) is 13.6. The van der Waals surface area contributed by atoms with Gasteiger partial charge in [0.05, 0.1) is 0 Å². The Morgan fingerprint density at radius 1 is 1.29 bits per heavy atom. The molecule has 0 aromatic rings. The number of amides is 1. The maximum atomic E-state index is 11.5. The van der Waals surface area contributed by atoms with Gasteiger partial charge in [0, 0.05) is 19.1 Å². The molecule has 0 aliphatic rings. The molecule has 6 heteroatoms. The van der Waals surface area contributed by atoms with Crippen molar-refractivity contribution >= 4 is 28.8 Å². The average molecular weight is 261 g/mol. The first-order chi connectivity index (χ1) is 7.61. The number of carbonyl (C=O) groups excluding carboxylic acids is 2. The number of nitrogens with one attached hydrogen (secondary N) is 1. The van der Waals surface area contributed by atoms with Gasteiger partial charge in [0.15, 0.2) is 5.12 Å². The Morgan fingerprint density at radius 3 is 2.18 bits per heavy atom. The van der Waals surface area contributed by atoms with E-state index in [1.807, 2.05) is 20.8 Å². The lowest BCUT2D eigenvalue weighted by molar-refractivity contribution is -0.141. The van der Waals surface area contributed by atoms with Crippen LogP contribution >= 0.6 is 11.8 Å². The highest BCUT2D eigenvalue weighted by Gasteiger charge is 2.23. The Labute approximate surface area is 105 Å². The highest BCUT2D eigenvalue weighted by atomic mass is 32.2. The standard InChI is InChI=1S/C11H19NO4S/c1-7(13)17-6-8(10(15)16)12-9(14)5-11(2,3)4/h8H,5-6H2,1-4H3,(H,12,14)(H,15,16)/t8-/m0/s1. The quantitative estimate of drug-likeness (QED) is 0.778. The van der Waals surface area contributed by atoms with Crippen molar-refractivity contribution in [1.82, 2.24) is 5.32 Å². The van der Waals surface area contributed by atoms with Crippen LogP contribution in [0.5, 0.6) is 0 Å². The topological polar surface area (TPSA) is 83.5 Å². The second-order valence-corrected chi connectivity index (χ2v) is 6.20. The molecule has 0 saturated heterocycles. The van der Waals surface area contributed by atoms with Crippen LogP contribution in [0.1, 0.15) is 34.1 Å². The summed E-state index contributed by atoms with van der Waals surface area (Å²) in [6.07, 6.45) is 0.252. The van der Waals surface area contributed by atoms with E-state index in [2.05, 4.69) is 5.32 Å². The second-order valence-electron chi connectivity index (χ2n) is 5.00. The van der Waals surface area contributed by atoms with Gasteiger partial charge in [-0.1, -0.05) is 32.5 Å². The number of hydrogen-bond acceptors (Lipinski definition) is 4. The van der Waals surface area contributed by atoms with Crippen LogP contribution in [0.4, 0.5) is 0 Å². The van der Waals surface area contributed by atoms with E-state index in [0.717, 1.165) is 11.8 Å². The van der Waals surface area contributed by atoms with Gasteiger partial charge >= 0.3 is 5.97 Å². The second kappa shape index (κ2) is 6.64. The minimum Gasteiger partial charge on any atom is -0.480 e. The number of thioether (sulfide) groups is 1. The maximum absolute atomic E-state index is 11.5. The molecule has 0 saturated carbocycles. The molecular formula is C11H19NO4S. The molecule has 0 rings (SSSR count). The Hall–Kier alpha value is -1.04. The summed E-state index contributed by atoms with van der Waals surface area (Å²) in [6.45, 7) is 7.05. The molecular weight excluding hydrogens is 242 g/mol. The third kappa shape index (κ3) is 8.74. The molecule has 2 N–H and O–H groups in total. The van der Waals surface area contributed by atoms with Gasteiger partial charge in [-0.15, -0.1) is 0 Å². The van der Waals surface area contributed by atoms with Gasteiger partial charge in [-0.25, -0.2) is 4.79 Å². The van der Waals surface area contributed by atoms with E-state index < -0.39 is 12.0 Å². The molecule has 0 spiro atoms. The fourth-order valence-electron chi connectivity index (χ4n) is 1.10. The van der Waals surface area contributed by atoms with Crippen LogP contribution in [-0.4, -0.2) is 33.9 Å². The number of carboxylic acids is 1. The summed E-state index contributed by atoms with van der Waals surface area (Å²) in [6, 6.07) is -1.02. The highest BCUT2D eigenvalue weighted by Crippen LogP contribution is 2.18. The summed E-state index contributed by atoms with van der Waals surface area (Å²) < 4.78 is 0. The first-order valence-corrected chi connectivity index (χ1v) is 6.26. The third-order valence-corrected chi connectivity index (χ3v) is 2.68. The van der Waals surface area contributed by atoms with Gasteiger partial charge in [0.1, 0.15) is 6.04 Å². The zero-order valence-electron chi connectivity index (χ0n) is 10.6. The molecule has 1 amide bonds. The highest BCUT2D eigenvalue weighted by molar-refractivity contribution is 8.13. The lowest BCUT2D eigenvalue weighted by Crippen LogP contribution is -2.43. The Balaban J connectivity index is 4.30. The van der Waals surface area contributed by atoms with Crippen LogP contribution in [0.2, 0.25) is 0 Å². The summed E-state index contributed by atoms with van der Waals surface area (Å²) >= 11 is 0.893. The molecule has 0 radical (unpaired) electrons. The van der Waals surface area contributed by atoms with Crippen molar-refractivity contribution in [3.05, 3.63) is 0 Å². The Bertz CT molecular complexity index is 309. The van der Waals surface area contributed by atoms with E-state index in [-0.39, 0.29) is 28.6 Å². The minimum absolute atomic E-state index is 0.0561. The molecule has 0 aromatic carbocycles. The van der Waals surface area contributed by atoms with Gasteiger partial charge in [-0.3, -0.25) is 9.59 Å². The number of carboxylic acid groups (broad SMARTS) is 1. The van der Waals surface area contributed by atoms with E-state index >= 15 is 0 Å². The Morgan fingerprint density at radius 2 is 1.82 bits per heavy atom. The lowest BCUT2D eigenvalue weighted by Gasteiger charge is -2.19. The summed E-state index contributed by atoms with van der Waals surface area (Å²) in [5.74, 6) is -1.38. The van der Waals surface area contributed by atoms with E-state index in [9.17, 15) is 14.4 Å². The van der Waals surface area contributed by atoms with E-state index in [0.29, 0.717) is 0 Å². The molecule has 0 heterocycles. The lowest BCUT2D eigenvalue weighted by atomic mass is 9.92. The number of hydrogen-bond donors (Lipinski definition) is 2. The van der Waals surface area contributed by atoms with Crippen molar-refractivity contribution in [2.75, 3.05) is 5.75 Å². The van der Waals surface area contributed by atoms with Gasteiger partial charge in [-0.2, -0.15) is 0 Å². The first kappa shape index (κ1) is 16.0. The monoisotopic (exact) mass is 261 g/mol. The smallest absolute Gasteiger partial charge is 0.327 e. The predicted octanol–water partition coefficient (Wildman–Crippen LogP) is 1.27. The number of aliphatic carboxylic acids is 1. The Kier molecular flexibility index (Phi) is 6.23. The van der Waals surface area contributed by atoms with Crippen molar-refractivity contribution in [2.45, 2.75) is 40.2 Å². The fraction of sp³-hybridized carbons (Fsp3) is 0.727. The third-order valence-electron chi connectivity index (χ3n) is 1.78. The minimum atomic E-state index is -1.12. The molecule has 0 fully saturated rings. The van der Waals surface area contributed by atoms with Crippen molar-refractivity contribution in [2.24, 2.45) is 5.41 Å². The van der Waals surface area contributed by atoms with Crippen LogP contribution in [0.3, 0.4) is 0 Å². The number of rotatable bonds is 5. The summed E-state index contributed by atoms with van der Waals surface area (Å²) in [5, 5.41) is 11.1. The summed E-state index contributed by atoms with van der Waals surface area (Å²) in [4.78, 5) is 33.2. The molecule has 17 heavy (non-hydrogen) atoms. The van der Waals surface area contributed by atoms with E-state index in [1.54, 1.807) is 0 Å². The fourth-order valence-corrected chi connectivity index (χ4v) is 1.73. The van der Waals surface area contributed by atoms with E-state index in [1.165, 1.54) is 6.92 Å². The molecule has 98 valence electrons. The normalized spacial score (nSPS) is 12.9. The molecule has 5 nitrogen and oxygen atoms in total. The first-order valence-electron chi connectivity index (χ1n) is 5.27. The predicted molar refractivity (Wildman–Crippen MR) is 66.8 cm³/mol. The molecule has 0 bridgehead atoms. The van der Waals surface area contributed by atoms with Gasteiger partial charge in [0.25, 0.3) is 0 Å². The molecule has 0 aliphatic heterocycles. The van der Waals surface area contributed by atoms with Crippen LogP contribution in [0.15, 0.2) is 0 Å². The summed E-state index contributed by atoms with van der Waals surface area (Å²) in [7, 11) is 0. The van der Waals surface area contributed by atoms with Crippen LogP contribution in [-0.2, 0) is 14.4 Å². The zero-order valence-corrected chi connectivity index (χ0v) is 11.4. The van der Waals surface area contributed by atoms with Crippen molar-refractivity contribution in [3.8, 4) is 0 Å². The van der Waals surface area contributed by atoms with Crippen LogP contribution < -0.4 is 5.32 Å². The summed E-state index contributed by atoms with van der Waals surface area (Å²) in [5.41, 5.74) is -0.194. The van der Waals surface area contributed by atoms with Gasteiger partial charge < -0.3 is 10.4 Å². The van der Waals surface area contributed by atoms with Crippen LogP contribution in [0, 0.1) is 5.41 Å². The number of carbonyl (C=O) groups is 3. The molecule has 1 atom stereocenters. The SMILES string of the molecule is CC(=O)SC[C@H](NC(=O)CC(C)(C)C)C(=O)O. The van der Waals surface area contributed by atoms with Crippen LogP contribution in [0.25, 0.3) is 0 Å². The molecule has 0 unspecified atom stereocenters. The molecule has 0 aliphatic carbocycles. The van der Waals surface area contributed by atoms with Gasteiger partial charge in [0.2, 0.25) is 5.91 Å². The van der Waals surface area contributed by atoms with Crippen molar-refractivity contribution in [3.63, 3.8) is 0 Å². The van der Waals surface area contributed by atoms with Gasteiger partial charge in [-0.05, 0) is 5.41 Å². The average Bonchev–Trinajstić information content (AvgIpc) is 2.08. The van der Waals surface area contributed by atoms with E-state index in [4.69, 9.17) is 5.11 Å². The molecule has 0 aromatic heterocycles. The van der Waals surface area contributed by atoms with Crippen molar-refractivity contribution in [1.29, 1.82) is 0 Å². The largest absolute Gasteiger partial charge is 0.480 e. The maximum Gasteiger partial charge on any atom is 0.327 e.